The minimum atomic E-state index is -0.800. The number of nitrogens with zero attached hydrogens (tertiary/aromatic N) is 1. The Balaban J connectivity index is 2.59. The highest BCUT2D eigenvalue weighted by molar-refractivity contribution is 9.10. The molecule has 1 aromatic carbocycles. The van der Waals surface area contributed by atoms with Crippen LogP contribution in [-0.2, 0) is 4.79 Å². The molecule has 0 N–H and O–H groups in total. The number of hydrogen-bond donors (Lipinski definition) is 0. The third kappa shape index (κ3) is 2.23. The van der Waals surface area contributed by atoms with Gasteiger partial charge in [0.2, 0.25) is 6.41 Å². The van der Waals surface area contributed by atoms with E-state index < -0.39 is 11.6 Å². The molecule has 0 atom stereocenters. The molecule has 17 heavy (non-hydrogen) atoms. The Kier molecular flexibility index (Phi) is 3.54. The lowest BCUT2D eigenvalue weighted by molar-refractivity contribution is -0.106. The van der Waals surface area contributed by atoms with Gasteiger partial charge in [0.05, 0.1) is 4.47 Å². The highest BCUT2D eigenvalue weighted by Crippen LogP contribution is 2.34. The maximum atomic E-state index is 13.8. The Morgan fingerprint density at radius 3 is 2.65 bits per heavy atom. The minimum absolute atomic E-state index is 0.109. The van der Waals surface area contributed by atoms with E-state index in [1.165, 1.54) is 17.4 Å². The monoisotopic (exact) mass is 317 g/mol. The van der Waals surface area contributed by atoms with Gasteiger partial charge in [-0.05, 0) is 45.6 Å². The lowest BCUT2D eigenvalue weighted by Crippen LogP contribution is -2.16. The summed E-state index contributed by atoms with van der Waals surface area (Å²) in [5, 5.41) is 2.18. The zero-order valence-electron chi connectivity index (χ0n) is 8.36. The lowest BCUT2D eigenvalue weighted by atomic mass is 10.2. The molecule has 2 aromatic rings. The molecule has 0 unspecified atom stereocenters. The fourth-order valence-electron chi connectivity index (χ4n) is 1.36. The van der Waals surface area contributed by atoms with Crippen LogP contribution in [0.15, 0.2) is 34.1 Å². The normalized spacial score (nSPS) is 10.3. The quantitative estimate of drug-likeness (QED) is 0.617. The van der Waals surface area contributed by atoms with E-state index in [-0.39, 0.29) is 10.2 Å². The van der Waals surface area contributed by atoms with E-state index >= 15 is 0 Å². The van der Waals surface area contributed by atoms with Crippen molar-refractivity contribution in [2.75, 3.05) is 4.90 Å². The average Bonchev–Trinajstić information content (AvgIpc) is 2.83. The van der Waals surface area contributed by atoms with Gasteiger partial charge in [-0.25, -0.2) is 8.78 Å². The van der Waals surface area contributed by atoms with Gasteiger partial charge in [0.1, 0.15) is 16.5 Å². The van der Waals surface area contributed by atoms with Crippen LogP contribution in [-0.4, -0.2) is 6.41 Å². The van der Waals surface area contributed by atoms with Gasteiger partial charge in [-0.15, -0.1) is 11.3 Å². The van der Waals surface area contributed by atoms with E-state index in [9.17, 15) is 13.6 Å². The summed E-state index contributed by atoms with van der Waals surface area (Å²) in [6.07, 6.45) is 0.389. The van der Waals surface area contributed by atoms with Crippen molar-refractivity contribution in [3.8, 4) is 0 Å². The van der Waals surface area contributed by atoms with Crippen molar-refractivity contribution in [2.24, 2.45) is 0 Å². The maximum Gasteiger partial charge on any atom is 0.219 e. The predicted octanol–water partition coefficient (Wildman–Crippen LogP) is 4.08. The number of hydrogen-bond acceptors (Lipinski definition) is 2. The number of rotatable bonds is 3. The van der Waals surface area contributed by atoms with Crippen molar-refractivity contribution in [1.29, 1.82) is 0 Å². The first-order valence-corrected chi connectivity index (χ1v) is 6.24. The second-order valence-electron chi connectivity index (χ2n) is 3.12. The molecule has 88 valence electrons. The minimum Gasteiger partial charge on any atom is -0.278 e. The molecule has 0 fully saturated rings. The molecule has 0 aliphatic carbocycles. The van der Waals surface area contributed by atoms with Crippen LogP contribution in [0.25, 0.3) is 0 Å². The van der Waals surface area contributed by atoms with Crippen molar-refractivity contribution in [3.05, 3.63) is 45.8 Å². The molecule has 6 heteroatoms. The van der Waals surface area contributed by atoms with E-state index in [0.717, 1.165) is 11.0 Å². The number of carbonyl (C=O) groups is 1. The first-order valence-electron chi connectivity index (χ1n) is 4.56. The molecule has 0 aliphatic rings. The Morgan fingerprint density at radius 1 is 1.29 bits per heavy atom. The van der Waals surface area contributed by atoms with E-state index in [2.05, 4.69) is 15.9 Å². The molecule has 1 heterocycles. The highest BCUT2D eigenvalue weighted by atomic mass is 79.9. The van der Waals surface area contributed by atoms with Crippen LogP contribution in [0, 0.1) is 11.6 Å². The molecular formula is C11H6BrF2NOS. The van der Waals surface area contributed by atoms with Gasteiger partial charge in [0.25, 0.3) is 0 Å². The van der Waals surface area contributed by atoms with Crippen molar-refractivity contribution < 1.29 is 13.6 Å². The number of carbonyl (C=O) groups excluding carboxylic acids is 1. The number of amides is 1. The van der Waals surface area contributed by atoms with E-state index in [0.29, 0.717) is 11.4 Å². The van der Waals surface area contributed by atoms with Crippen molar-refractivity contribution in [2.45, 2.75) is 0 Å². The number of thiophene rings is 1. The Morgan fingerprint density at radius 2 is 2.06 bits per heavy atom. The zero-order valence-corrected chi connectivity index (χ0v) is 10.8. The molecule has 0 spiro atoms. The van der Waals surface area contributed by atoms with Crippen LogP contribution in [0.4, 0.5) is 19.5 Å². The van der Waals surface area contributed by atoms with Crippen LogP contribution in [0.1, 0.15) is 0 Å². The maximum absolute atomic E-state index is 13.8. The highest BCUT2D eigenvalue weighted by Gasteiger charge is 2.20. The Labute approximate surface area is 109 Å². The fourth-order valence-corrected chi connectivity index (χ4v) is 2.38. The van der Waals surface area contributed by atoms with E-state index in [4.69, 9.17) is 0 Å². The first-order chi connectivity index (χ1) is 8.15. The topological polar surface area (TPSA) is 20.3 Å². The standard InChI is InChI=1S/C11H6BrF2NOS/c12-7-3-4-8(13)11(10(7)14)15(6-16)9-2-1-5-17-9/h1-6H. The van der Waals surface area contributed by atoms with Crippen molar-refractivity contribution >= 4 is 44.4 Å². The third-order valence-corrected chi connectivity index (χ3v) is 3.59. The zero-order chi connectivity index (χ0) is 12.4. The van der Waals surface area contributed by atoms with Crippen LogP contribution in [0.5, 0.6) is 0 Å². The first kappa shape index (κ1) is 12.2. The van der Waals surface area contributed by atoms with Gasteiger partial charge in [-0.2, -0.15) is 0 Å². The molecule has 0 aliphatic heterocycles. The van der Waals surface area contributed by atoms with Gasteiger partial charge in [-0.3, -0.25) is 9.69 Å². The lowest BCUT2D eigenvalue weighted by Gasteiger charge is -2.17. The summed E-state index contributed by atoms with van der Waals surface area (Å²) >= 11 is 4.18. The molecule has 2 nitrogen and oxygen atoms in total. The smallest absolute Gasteiger partial charge is 0.219 e. The molecule has 1 aromatic heterocycles. The van der Waals surface area contributed by atoms with Gasteiger partial charge < -0.3 is 0 Å². The molecular weight excluding hydrogens is 312 g/mol. The molecule has 0 radical (unpaired) electrons. The van der Waals surface area contributed by atoms with Crippen molar-refractivity contribution in [1.82, 2.24) is 0 Å². The average molecular weight is 318 g/mol. The summed E-state index contributed by atoms with van der Waals surface area (Å²) in [5.41, 5.74) is -0.378. The second-order valence-corrected chi connectivity index (χ2v) is 4.90. The molecule has 1 amide bonds. The fraction of sp³-hybridized carbons (Fsp3) is 0. The number of benzene rings is 1. The summed E-state index contributed by atoms with van der Waals surface area (Å²) in [6, 6.07) is 5.67. The summed E-state index contributed by atoms with van der Waals surface area (Å²) in [7, 11) is 0. The summed E-state index contributed by atoms with van der Waals surface area (Å²) in [5.74, 6) is -1.59. The molecule has 0 bridgehead atoms. The summed E-state index contributed by atoms with van der Waals surface area (Å²) in [4.78, 5) is 11.9. The van der Waals surface area contributed by atoms with E-state index in [1.807, 2.05) is 0 Å². The summed E-state index contributed by atoms with van der Waals surface area (Å²) < 4.78 is 27.5. The Bertz CT molecular complexity index is 545. The Hall–Kier alpha value is -1.27. The van der Waals surface area contributed by atoms with Gasteiger partial charge in [0, 0.05) is 0 Å². The van der Waals surface area contributed by atoms with Crippen LogP contribution < -0.4 is 4.90 Å². The van der Waals surface area contributed by atoms with Crippen LogP contribution in [0.3, 0.4) is 0 Å². The molecule has 0 saturated heterocycles. The van der Waals surface area contributed by atoms with Gasteiger partial charge in [-0.1, -0.05) is 0 Å². The van der Waals surface area contributed by atoms with Crippen molar-refractivity contribution in [3.63, 3.8) is 0 Å². The summed E-state index contributed by atoms with van der Waals surface area (Å²) in [6.45, 7) is 0. The van der Waals surface area contributed by atoms with Crippen LogP contribution >= 0.6 is 27.3 Å². The van der Waals surface area contributed by atoms with E-state index in [1.54, 1.807) is 17.5 Å². The molecule has 0 saturated carbocycles. The van der Waals surface area contributed by atoms with Gasteiger partial charge in [0.15, 0.2) is 5.82 Å². The number of anilines is 2. The van der Waals surface area contributed by atoms with Crippen LogP contribution in [0.2, 0.25) is 0 Å². The number of halogens is 3. The van der Waals surface area contributed by atoms with Gasteiger partial charge >= 0.3 is 0 Å². The largest absolute Gasteiger partial charge is 0.278 e. The SMILES string of the molecule is O=CN(c1cccs1)c1c(F)ccc(Br)c1F. The second kappa shape index (κ2) is 4.93. The third-order valence-electron chi connectivity index (χ3n) is 2.11. The predicted molar refractivity (Wildman–Crippen MR) is 66.6 cm³/mol. The molecule has 2 rings (SSSR count).